The summed E-state index contributed by atoms with van der Waals surface area (Å²) in [6.07, 6.45) is 4.72. The van der Waals surface area contributed by atoms with Crippen molar-refractivity contribution in [3.63, 3.8) is 0 Å². The molecule has 0 N–H and O–H groups in total. The molecule has 1 atom stereocenters. The molecule has 38 heavy (non-hydrogen) atoms. The number of carbonyl (C=O) groups is 1. The van der Waals surface area contributed by atoms with E-state index in [2.05, 4.69) is 4.98 Å². The summed E-state index contributed by atoms with van der Waals surface area (Å²) in [7, 11) is -3.70. The molecule has 4 rings (SSSR count). The number of sulfonamides is 1. The summed E-state index contributed by atoms with van der Waals surface area (Å²) in [5.41, 5.74) is 0.263. The normalized spacial score (nSPS) is 16.0. The number of unbranched alkanes of at least 4 members (excludes halogenated alkanes) is 2. The molecule has 1 amide bonds. The summed E-state index contributed by atoms with van der Waals surface area (Å²) >= 11 is 1.02. The van der Waals surface area contributed by atoms with Crippen LogP contribution in [-0.2, 0) is 14.8 Å². The number of hydrogen-bond acceptors (Lipinski definition) is 6. The third-order valence-corrected chi connectivity index (χ3v) is 9.49. The molecule has 1 aliphatic heterocycles. The number of aromatic nitrogens is 1. The van der Waals surface area contributed by atoms with E-state index in [4.69, 9.17) is 4.74 Å². The maximum Gasteiger partial charge on any atom is 0.260 e. The van der Waals surface area contributed by atoms with Gasteiger partial charge in [0.25, 0.3) is 5.91 Å². The van der Waals surface area contributed by atoms with Crippen LogP contribution in [0.15, 0.2) is 41.3 Å². The van der Waals surface area contributed by atoms with Crippen LogP contribution in [0.3, 0.4) is 0 Å². The summed E-state index contributed by atoms with van der Waals surface area (Å²) in [4.78, 5) is 19.5. The molecule has 0 saturated carbocycles. The van der Waals surface area contributed by atoms with Crippen LogP contribution in [0.4, 0.5) is 13.9 Å². The van der Waals surface area contributed by atoms with Gasteiger partial charge in [-0.05, 0) is 56.0 Å². The number of benzene rings is 2. The predicted molar refractivity (Wildman–Crippen MR) is 145 cm³/mol. The smallest absolute Gasteiger partial charge is 0.260 e. The number of nitrogens with zero attached hydrogens (tertiary/aromatic N) is 3. The molecule has 3 aromatic rings. The first-order chi connectivity index (χ1) is 18.2. The summed E-state index contributed by atoms with van der Waals surface area (Å²) in [5.74, 6) is -1.93. The van der Waals surface area contributed by atoms with Crippen LogP contribution in [0.1, 0.15) is 62.7 Å². The standard InChI is InChI=1S/C27H33F2N3O4S2/c1-3-5-13-31(14-6-4-2)38(34,35)22-11-9-19(10-12-22)26(33)32(18-21-8-7-15-36-21)27-30-25-23(29)16-20(28)17-24(25)37-27/h9-12,16-17,21H,3-8,13-15,18H2,1-2H3. The molecule has 206 valence electrons. The maximum atomic E-state index is 14.3. The van der Waals surface area contributed by atoms with Crippen LogP contribution in [0.25, 0.3) is 10.2 Å². The zero-order valence-electron chi connectivity index (χ0n) is 21.7. The highest BCUT2D eigenvalue weighted by Gasteiger charge is 2.29. The van der Waals surface area contributed by atoms with Crippen LogP contribution in [0.5, 0.6) is 0 Å². The SMILES string of the molecule is CCCCN(CCCC)S(=O)(=O)c1ccc(C(=O)N(CC2CCCO2)c2nc3c(F)cc(F)cc3s2)cc1. The number of hydrogen-bond donors (Lipinski definition) is 0. The molecule has 0 radical (unpaired) electrons. The molecular formula is C27H33F2N3O4S2. The number of anilines is 1. The van der Waals surface area contributed by atoms with Crippen LogP contribution in [0, 0.1) is 11.6 Å². The first-order valence-electron chi connectivity index (χ1n) is 13.0. The van der Waals surface area contributed by atoms with Gasteiger partial charge >= 0.3 is 0 Å². The molecule has 2 aromatic carbocycles. The first-order valence-corrected chi connectivity index (χ1v) is 15.3. The van der Waals surface area contributed by atoms with Crippen molar-refractivity contribution >= 4 is 42.6 Å². The lowest BCUT2D eigenvalue weighted by Gasteiger charge is -2.24. The number of fused-ring (bicyclic) bond motifs is 1. The molecule has 1 fully saturated rings. The minimum atomic E-state index is -3.70. The average Bonchev–Trinajstić information content (AvgIpc) is 3.57. The maximum absolute atomic E-state index is 14.3. The van der Waals surface area contributed by atoms with Gasteiger partial charge in [0.05, 0.1) is 22.2 Å². The molecule has 7 nitrogen and oxygen atoms in total. The number of thiazole rings is 1. The summed E-state index contributed by atoms with van der Waals surface area (Å²) in [5, 5.41) is 0.229. The van der Waals surface area contributed by atoms with Crippen LogP contribution >= 0.6 is 11.3 Å². The van der Waals surface area contributed by atoms with Gasteiger partial charge in [-0.25, -0.2) is 22.2 Å². The fraction of sp³-hybridized carbons (Fsp3) is 0.481. The van der Waals surface area contributed by atoms with E-state index in [-0.39, 0.29) is 33.8 Å². The Bertz CT molecular complexity index is 1350. The number of carbonyl (C=O) groups excluding carboxylic acids is 1. The Balaban J connectivity index is 1.63. The van der Waals surface area contributed by atoms with Crippen molar-refractivity contribution in [1.29, 1.82) is 0 Å². The van der Waals surface area contributed by atoms with Gasteiger partial charge in [-0.2, -0.15) is 4.31 Å². The topological polar surface area (TPSA) is 79.8 Å². The summed E-state index contributed by atoms with van der Waals surface area (Å²) in [6.45, 7) is 5.72. The summed E-state index contributed by atoms with van der Waals surface area (Å²) in [6, 6.07) is 7.83. The highest BCUT2D eigenvalue weighted by molar-refractivity contribution is 7.89. The van der Waals surface area contributed by atoms with E-state index in [0.29, 0.717) is 24.4 Å². The monoisotopic (exact) mass is 565 g/mol. The quantitative estimate of drug-likeness (QED) is 0.270. The van der Waals surface area contributed by atoms with Crippen molar-refractivity contribution in [2.45, 2.75) is 63.4 Å². The molecule has 0 spiro atoms. The Hall–Kier alpha value is -2.47. The van der Waals surface area contributed by atoms with Gasteiger partial charge in [0.1, 0.15) is 11.3 Å². The molecule has 1 unspecified atom stereocenters. The molecule has 1 aliphatic rings. The Labute approximate surface area is 226 Å². The van der Waals surface area contributed by atoms with Crippen molar-refractivity contribution in [2.24, 2.45) is 0 Å². The fourth-order valence-electron chi connectivity index (χ4n) is 4.40. The van der Waals surface area contributed by atoms with E-state index in [1.807, 2.05) is 13.8 Å². The molecule has 11 heteroatoms. The van der Waals surface area contributed by atoms with Gasteiger partial charge in [0, 0.05) is 31.3 Å². The van der Waals surface area contributed by atoms with Gasteiger partial charge in [-0.3, -0.25) is 9.69 Å². The lowest BCUT2D eigenvalue weighted by Crippen LogP contribution is -2.37. The van der Waals surface area contributed by atoms with Crippen molar-refractivity contribution in [2.75, 3.05) is 31.1 Å². The van der Waals surface area contributed by atoms with E-state index < -0.39 is 27.6 Å². The average molecular weight is 566 g/mol. The Morgan fingerprint density at radius 1 is 1.11 bits per heavy atom. The van der Waals surface area contributed by atoms with Gasteiger partial charge in [-0.15, -0.1) is 0 Å². The van der Waals surface area contributed by atoms with Crippen LogP contribution < -0.4 is 4.90 Å². The van der Waals surface area contributed by atoms with E-state index >= 15 is 0 Å². The molecule has 2 heterocycles. The van der Waals surface area contributed by atoms with Gasteiger partial charge in [0.15, 0.2) is 10.9 Å². The molecule has 0 bridgehead atoms. The fourth-order valence-corrected chi connectivity index (χ4v) is 6.93. The molecule has 1 aromatic heterocycles. The lowest BCUT2D eigenvalue weighted by atomic mass is 10.2. The van der Waals surface area contributed by atoms with E-state index in [9.17, 15) is 22.0 Å². The van der Waals surface area contributed by atoms with E-state index in [1.165, 1.54) is 39.5 Å². The van der Waals surface area contributed by atoms with Crippen molar-refractivity contribution < 1.29 is 26.7 Å². The van der Waals surface area contributed by atoms with Gasteiger partial charge in [0.2, 0.25) is 10.0 Å². The largest absolute Gasteiger partial charge is 0.376 e. The second kappa shape index (κ2) is 12.6. The Kier molecular flexibility index (Phi) is 9.45. The van der Waals surface area contributed by atoms with E-state index in [1.54, 1.807) is 0 Å². The van der Waals surface area contributed by atoms with Crippen molar-refractivity contribution in [3.05, 3.63) is 53.6 Å². The summed E-state index contributed by atoms with van der Waals surface area (Å²) < 4.78 is 62.3. The lowest BCUT2D eigenvalue weighted by molar-refractivity contribution is 0.0917. The van der Waals surface area contributed by atoms with Crippen LogP contribution in [-0.4, -0.2) is 56.0 Å². The minimum absolute atomic E-state index is 0.00256. The minimum Gasteiger partial charge on any atom is -0.376 e. The zero-order chi connectivity index (χ0) is 27.3. The molecule has 0 aliphatic carbocycles. The first kappa shape index (κ1) is 28.5. The van der Waals surface area contributed by atoms with Crippen molar-refractivity contribution in [3.8, 4) is 0 Å². The van der Waals surface area contributed by atoms with E-state index in [0.717, 1.165) is 55.9 Å². The highest BCUT2D eigenvalue weighted by atomic mass is 32.2. The number of rotatable bonds is 12. The number of ether oxygens (including phenoxy) is 1. The Morgan fingerprint density at radius 3 is 2.39 bits per heavy atom. The predicted octanol–water partition coefficient (Wildman–Crippen LogP) is 5.99. The zero-order valence-corrected chi connectivity index (χ0v) is 23.3. The molecular weight excluding hydrogens is 532 g/mol. The number of halogens is 2. The second-order valence-electron chi connectivity index (χ2n) is 9.42. The van der Waals surface area contributed by atoms with Crippen molar-refractivity contribution in [1.82, 2.24) is 9.29 Å². The number of amides is 1. The Morgan fingerprint density at radius 2 is 1.79 bits per heavy atom. The second-order valence-corrected chi connectivity index (χ2v) is 12.4. The third kappa shape index (κ3) is 6.39. The van der Waals surface area contributed by atoms with Gasteiger partial charge in [-0.1, -0.05) is 38.0 Å². The highest BCUT2D eigenvalue weighted by Crippen LogP contribution is 2.33. The van der Waals surface area contributed by atoms with Gasteiger partial charge < -0.3 is 4.74 Å². The molecule has 1 saturated heterocycles. The third-order valence-electron chi connectivity index (χ3n) is 6.55. The van der Waals surface area contributed by atoms with Crippen LogP contribution in [0.2, 0.25) is 0 Å².